The number of nitrogens with zero attached hydrogens (tertiary/aromatic N) is 1. The summed E-state index contributed by atoms with van der Waals surface area (Å²) in [6.45, 7) is 6.95. The molecule has 0 bridgehead atoms. The summed E-state index contributed by atoms with van der Waals surface area (Å²) in [4.78, 5) is 4.17. The van der Waals surface area contributed by atoms with Gasteiger partial charge in [-0.25, -0.2) is 9.38 Å². The molecular weight excluding hydrogens is 261 g/mol. The lowest BCUT2D eigenvalue weighted by Crippen LogP contribution is -2.32. The third-order valence-electron chi connectivity index (χ3n) is 2.74. The van der Waals surface area contributed by atoms with E-state index in [2.05, 4.69) is 16.9 Å². The lowest BCUT2D eigenvalue weighted by molar-refractivity contribution is -0.0172. The number of guanidine groups is 1. The topological polar surface area (TPSA) is 68.9 Å². The van der Waals surface area contributed by atoms with Crippen LogP contribution in [0.5, 0.6) is 5.75 Å². The molecule has 0 saturated carbocycles. The van der Waals surface area contributed by atoms with Crippen LogP contribution in [0.15, 0.2) is 29.3 Å². The summed E-state index contributed by atoms with van der Waals surface area (Å²) in [6.07, 6.45) is 0. The number of benzene rings is 1. The second kappa shape index (κ2) is 6.38. The van der Waals surface area contributed by atoms with E-state index in [1.54, 1.807) is 0 Å². The maximum atomic E-state index is 13.5. The van der Waals surface area contributed by atoms with E-state index in [4.69, 9.17) is 15.2 Å². The van der Waals surface area contributed by atoms with Crippen molar-refractivity contribution in [3.8, 4) is 5.75 Å². The van der Waals surface area contributed by atoms with E-state index >= 15 is 0 Å². The van der Waals surface area contributed by atoms with Crippen LogP contribution in [0.3, 0.4) is 0 Å². The number of ether oxygens (including phenoxy) is 2. The van der Waals surface area contributed by atoms with Gasteiger partial charge in [0.1, 0.15) is 11.6 Å². The molecule has 0 aromatic heterocycles. The fourth-order valence-corrected chi connectivity index (χ4v) is 1.84. The van der Waals surface area contributed by atoms with Gasteiger partial charge in [-0.05, 0) is 19.1 Å². The van der Waals surface area contributed by atoms with Crippen molar-refractivity contribution in [2.24, 2.45) is 10.7 Å². The Kier molecular flexibility index (Phi) is 4.57. The molecule has 0 saturated heterocycles. The van der Waals surface area contributed by atoms with Gasteiger partial charge in [-0.1, -0.05) is 12.2 Å². The summed E-state index contributed by atoms with van der Waals surface area (Å²) in [5.41, 5.74) is 8.02. The Balaban J connectivity index is 2.11. The highest BCUT2D eigenvalue weighted by molar-refractivity contribution is 5.78. The molecule has 3 N–H and O–H groups in total. The Bertz CT molecular complexity index is 543. The molecule has 108 valence electrons. The van der Waals surface area contributed by atoms with Crippen LogP contribution in [0.1, 0.15) is 18.1 Å². The average Bonchev–Trinajstić information content (AvgIpc) is 2.42. The number of nitrogens with two attached hydrogens (primary N) is 1. The third-order valence-corrected chi connectivity index (χ3v) is 2.74. The highest BCUT2D eigenvalue weighted by atomic mass is 19.1. The Morgan fingerprint density at radius 2 is 2.35 bits per heavy atom. The van der Waals surface area contributed by atoms with Crippen molar-refractivity contribution in [1.82, 2.24) is 5.32 Å². The molecule has 0 unspecified atom stereocenters. The minimum atomic E-state index is -0.337. The summed E-state index contributed by atoms with van der Waals surface area (Å²) < 4.78 is 24.0. The molecule has 20 heavy (non-hydrogen) atoms. The smallest absolute Gasteiger partial charge is 0.189 e. The molecule has 0 aliphatic carbocycles. The van der Waals surface area contributed by atoms with Crippen LogP contribution in [0, 0.1) is 5.82 Å². The monoisotopic (exact) mass is 279 g/mol. The molecule has 1 aromatic carbocycles. The van der Waals surface area contributed by atoms with E-state index < -0.39 is 0 Å². The second-order valence-corrected chi connectivity index (χ2v) is 4.68. The van der Waals surface area contributed by atoms with Crippen LogP contribution >= 0.6 is 0 Å². The van der Waals surface area contributed by atoms with Crippen LogP contribution in [0.2, 0.25) is 0 Å². The summed E-state index contributed by atoms with van der Waals surface area (Å²) in [5.74, 6) is 0.587. The highest BCUT2D eigenvalue weighted by Crippen LogP contribution is 2.29. The van der Waals surface area contributed by atoms with E-state index in [-0.39, 0.29) is 25.1 Å². The standard InChI is InChI=1S/C14H18FN3O2/c1-9(2)5-17-14(16)18-6-10-3-12(15)4-11-7-19-8-20-13(10)11/h3-4H,1,5-8H2,2H3,(H3,16,17,18). The van der Waals surface area contributed by atoms with Crippen LogP contribution in [0.4, 0.5) is 4.39 Å². The predicted molar refractivity (Wildman–Crippen MR) is 74.8 cm³/mol. The molecule has 1 aromatic rings. The number of rotatable bonds is 4. The zero-order valence-electron chi connectivity index (χ0n) is 11.4. The molecule has 6 heteroatoms. The molecule has 5 nitrogen and oxygen atoms in total. The Morgan fingerprint density at radius 3 is 3.10 bits per heavy atom. The van der Waals surface area contributed by atoms with Gasteiger partial charge in [0, 0.05) is 17.7 Å². The second-order valence-electron chi connectivity index (χ2n) is 4.68. The Hall–Kier alpha value is -2.08. The van der Waals surface area contributed by atoms with Crippen molar-refractivity contribution in [1.29, 1.82) is 0 Å². The van der Waals surface area contributed by atoms with Gasteiger partial charge in [-0.15, -0.1) is 0 Å². The van der Waals surface area contributed by atoms with E-state index in [1.807, 2.05) is 6.92 Å². The molecule has 1 heterocycles. The van der Waals surface area contributed by atoms with Crippen molar-refractivity contribution in [2.45, 2.75) is 20.1 Å². The largest absolute Gasteiger partial charge is 0.467 e. The number of aliphatic imine (C=N–C) groups is 1. The van der Waals surface area contributed by atoms with Gasteiger partial charge in [0.25, 0.3) is 0 Å². The minimum Gasteiger partial charge on any atom is -0.467 e. The third kappa shape index (κ3) is 3.71. The first kappa shape index (κ1) is 14.3. The van der Waals surface area contributed by atoms with E-state index in [0.29, 0.717) is 30.0 Å². The molecule has 0 amide bonds. The molecule has 0 atom stereocenters. The molecule has 0 spiro atoms. The van der Waals surface area contributed by atoms with Gasteiger partial charge in [0.2, 0.25) is 0 Å². The van der Waals surface area contributed by atoms with Crippen LogP contribution in [0.25, 0.3) is 0 Å². The van der Waals surface area contributed by atoms with Gasteiger partial charge in [-0.3, -0.25) is 0 Å². The van der Waals surface area contributed by atoms with Crippen LogP contribution < -0.4 is 15.8 Å². The lowest BCUT2D eigenvalue weighted by atomic mass is 10.1. The fraction of sp³-hybridized carbons (Fsp3) is 0.357. The van der Waals surface area contributed by atoms with E-state index in [9.17, 15) is 4.39 Å². The van der Waals surface area contributed by atoms with Gasteiger partial charge < -0.3 is 20.5 Å². The van der Waals surface area contributed by atoms with Crippen molar-refractivity contribution < 1.29 is 13.9 Å². The molecule has 0 fully saturated rings. The summed E-state index contributed by atoms with van der Waals surface area (Å²) in [6, 6.07) is 2.81. The molecule has 2 rings (SSSR count). The summed E-state index contributed by atoms with van der Waals surface area (Å²) in [7, 11) is 0. The van der Waals surface area contributed by atoms with E-state index in [1.165, 1.54) is 12.1 Å². The van der Waals surface area contributed by atoms with Gasteiger partial charge >= 0.3 is 0 Å². The van der Waals surface area contributed by atoms with Crippen LogP contribution in [-0.2, 0) is 17.9 Å². The zero-order valence-corrected chi connectivity index (χ0v) is 11.4. The van der Waals surface area contributed by atoms with Crippen LogP contribution in [-0.4, -0.2) is 19.3 Å². The molecule has 1 aliphatic heterocycles. The number of halogens is 1. The van der Waals surface area contributed by atoms with Crippen molar-refractivity contribution >= 4 is 5.96 Å². The lowest BCUT2D eigenvalue weighted by Gasteiger charge is -2.20. The van der Waals surface area contributed by atoms with Crippen molar-refractivity contribution in [3.63, 3.8) is 0 Å². The number of nitrogens with one attached hydrogen (secondary N) is 1. The first-order valence-electron chi connectivity index (χ1n) is 6.26. The first-order valence-corrected chi connectivity index (χ1v) is 6.26. The van der Waals surface area contributed by atoms with Gasteiger partial charge in [0.05, 0.1) is 13.2 Å². The fourth-order valence-electron chi connectivity index (χ4n) is 1.84. The van der Waals surface area contributed by atoms with Gasteiger partial charge in [-0.2, -0.15) is 0 Å². The average molecular weight is 279 g/mol. The molecule has 1 aliphatic rings. The minimum absolute atomic E-state index is 0.165. The van der Waals surface area contributed by atoms with Crippen molar-refractivity contribution in [2.75, 3.05) is 13.3 Å². The SMILES string of the molecule is C=C(C)CNC(N)=NCc1cc(F)cc2c1OCOC2. The zero-order chi connectivity index (χ0) is 14.5. The predicted octanol–water partition coefficient (Wildman–Crippen LogP) is 1.67. The first-order chi connectivity index (χ1) is 9.56. The molecule has 0 radical (unpaired) electrons. The quantitative estimate of drug-likeness (QED) is 0.500. The summed E-state index contributed by atoms with van der Waals surface area (Å²) >= 11 is 0. The Morgan fingerprint density at radius 1 is 1.55 bits per heavy atom. The number of fused-ring (bicyclic) bond motifs is 1. The van der Waals surface area contributed by atoms with E-state index in [0.717, 1.165) is 5.57 Å². The highest BCUT2D eigenvalue weighted by Gasteiger charge is 2.16. The number of hydrogen-bond donors (Lipinski definition) is 2. The normalized spacial score (nSPS) is 14.4. The van der Waals surface area contributed by atoms with Gasteiger partial charge in [0.15, 0.2) is 12.8 Å². The number of hydrogen-bond acceptors (Lipinski definition) is 3. The summed E-state index contributed by atoms with van der Waals surface area (Å²) in [5, 5.41) is 2.92. The maximum absolute atomic E-state index is 13.5. The Labute approximate surface area is 117 Å². The maximum Gasteiger partial charge on any atom is 0.189 e. The molecular formula is C14H18FN3O2. The van der Waals surface area contributed by atoms with Crippen molar-refractivity contribution in [3.05, 3.63) is 41.2 Å².